The number of fused-ring (bicyclic) bond motifs is 3. The number of benzene rings is 7. The van der Waals surface area contributed by atoms with Gasteiger partial charge in [0, 0.05) is 17.1 Å². The van der Waals surface area contributed by atoms with Gasteiger partial charge >= 0.3 is 0 Å². The number of rotatable bonds is 7. The molecule has 7 aromatic carbocycles. The third-order valence-corrected chi connectivity index (χ3v) is 8.55. The molecule has 0 saturated heterocycles. The van der Waals surface area contributed by atoms with Gasteiger partial charge < -0.3 is 4.90 Å². The van der Waals surface area contributed by atoms with Crippen molar-refractivity contribution in [2.75, 3.05) is 4.90 Å². The summed E-state index contributed by atoms with van der Waals surface area (Å²) in [4.78, 5) is 2.36. The second-order valence-electron chi connectivity index (χ2n) is 11.4. The van der Waals surface area contributed by atoms with Crippen molar-refractivity contribution in [3.05, 3.63) is 182 Å². The lowest BCUT2D eigenvalue weighted by atomic mass is 9.94. The van der Waals surface area contributed by atoms with E-state index in [-0.39, 0.29) is 0 Å². The highest BCUT2D eigenvalue weighted by atomic mass is 15.1. The van der Waals surface area contributed by atoms with E-state index in [9.17, 15) is 0 Å². The highest BCUT2D eigenvalue weighted by Crippen LogP contribution is 2.39. The van der Waals surface area contributed by atoms with Gasteiger partial charge in [-0.25, -0.2) is 0 Å². The van der Waals surface area contributed by atoms with Crippen LogP contribution in [0.1, 0.15) is 19.4 Å². The predicted octanol–water partition coefficient (Wildman–Crippen LogP) is 12.8. The van der Waals surface area contributed by atoms with E-state index in [0.29, 0.717) is 0 Å². The molecule has 7 rings (SSSR count). The van der Waals surface area contributed by atoms with Crippen LogP contribution >= 0.6 is 0 Å². The average molecular weight is 578 g/mol. The first-order chi connectivity index (χ1) is 22.2. The van der Waals surface area contributed by atoms with E-state index in [1.807, 2.05) is 6.92 Å². The zero-order chi connectivity index (χ0) is 30.6. The predicted molar refractivity (Wildman–Crippen MR) is 195 cm³/mol. The number of anilines is 3. The van der Waals surface area contributed by atoms with Gasteiger partial charge in [-0.1, -0.05) is 140 Å². The van der Waals surface area contributed by atoms with Gasteiger partial charge in [0.25, 0.3) is 0 Å². The van der Waals surface area contributed by atoms with Gasteiger partial charge in [0.15, 0.2) is 0 Å². The number of hydrogen-bond donors (Lipinski definition) is 0. The maximum absolute atomic E-state index is 2.36. The molecule has 0 unspecified atom stereocenters. The topological polar surface area (TPSA) is 3.24 Å². The number of allylic oxidation sites excluding steroid dienone is 4. The van der Waals surface area contributed by atoms with Crippen molar-refractivity contribution in [3.63, 3.8) is 0 Å². The fraction of sp³-hybridized carbons (Fsp3) is 0.0455. The molecule has 216 valence electrons. The van der Waals surface area contributed by atoms with Gasteiger partial charge in [0.05, 0.1) is 0 Å². The first kappa shape index (κ1) is 28.1. The monoisotopic (exact) mass is 577 g/mol. The molecule has 0 atom stereocenters. The van der Waals surface area contributed by atoms with Crippen molar-refractivity contribution in [3.8, 4) is 22.3 Å². The molecule has 0 aromatic heterocycles. The van der Waals surface area contributed by atoms with Crippen LogP contribution in [-0.2, 0) is 0 Å². The Labute approximate surface area is 266 Å². The molecular formula is C44H35N. The molecule has 7 aromatic rings. The Morgan fingerprint density at radius 3 is 1.78 bits per heavy atom. The van der Waals surface area contributed by atoms with Crippen molar-refractivity contribution in [1.82, 2.24) is 0 Å². The van der Waals surface area contributed by atoms with Crippen LogP contribution in [0.25, 0.3) is 49.4 Å². The molecule has 0 saturated carbocycles. The fourth-order valence-electron chi connectivity index (χ4n) is 6.21. The summed E-state index contributed by atoms with van der Waals surface area (Å²) < 4.78 is 0. The van der Waals surface area contributed by atoms with Gasteiger partial charge in [-0.2, -0.15) is 0 Å². The van der Waals surface area contributed by atoms with Gasteiger partial charge in [0.2, 0.25) is 0 Å². The van der Waals surface area contributed by atoms with E-state index >= 15 is 0 Å². The van der Waals surface area contributed by atoms with Crippen molar-refractivity contribution < 1.29 is 0 Å². The Morgan fingerprint density at radius 2 is 1.04 bits per heavy atom. The lowest BCUT2D eigenvalue weighted by molar-refractivity contribution is 1.29. The molecule has 1 nitrogen and oxygen atoms in total. The molecule has 45 heavy (non-hydrogen) atoms. The summed E-state index contributed by atoms with van der Waals surface area (Å²) in [6.45, 7) is 4.23. The summed E-state index contributed by atoms with van der Waals surface area (Å²) in [6, 6.07) is 57.0. The Bertz CT molecular complexity index is 2150. The lowest BCUT2D eigenvalue weighted by Gasteiger charge is -2.26. The molecule has 0 N–H and O–H groups in total. The van der Waals surface area contributed by atoms with Crippen molar-refractivity contribution >= 4 is 44.2 Å². The van der Waals surface area contributed by atoms with E-state index in [2.05, 4.69) is 188 Å². The molecule has 0 radical (unpaired) electrons. The van der Waals surface area contributed by atoms with Crippen LogP contribution < -0.4 is 4.90 Å². The highest BCUT2D eigenvalue weighted by Gasteiger charge is 2.15. The minimum atomic E-state index is 1.12. The third kappa shape index (κ3) is 5.69. The van der Waals surface area contributed by atoms with E-state index in [1.165, 1.54) is 54.9 Å². The molecule has 0 amide bonds. The quantitative estimate of drug-likeness (QED) is 0.135. The Balaban J connectivity index is 1.34. The normalized spacial score (nSPS) is 11.8. The van der Waals surface area contributed by atoms with Crippen molar-refractivity contribution in [2.45, 2.75) is 13.8 Å². The molecule has 0 aliphatic rings. The Morgan fingerprint density at radius 1 is 0.489 bits per heavy atom. The molecule has 0 heterocycles. The van der Waals surface area contributed by atoms with Crippen LogP contribution in [0.5, 0.6) is 0 Å². The molecule has 0 aliphatic heterocycles. The smallest absolute Gasteiger partial charge is 0.0468 e. The summed E-state index contributed by atoms with van der Waals surface area (Å²) in [6.07, 6.45) is 6.35. The van der Waals surface area contributed by atoms with Crippen LogP contribution in [0.15, 0.2) is 176 Å². The average Bonchev–Trinajstić information content (AvgIpc) is 3.11. The van der Waals surface area contributed by atoms with Crippen LogP contribution in [-0.4, -0.2) is 0 Å². The second-order valence-corrected chi connectivity index (χ2v) is 11.4. The molecule has 0 bridgehead atoms. The lowest BCUT2D eigenvalue weighted by Crippen LogP contribution is -2.10. The van der Waals surface area contributed by atoms with Crippen LogP contribution in [0.2, 0.25) is 0 Å². The van der Waals surface area contributed by atoms with Crippen LogP contribution in [0.4, 0.5) is 17.1 Å². The molecule has 1 heteroatoms. The van der Waals surface area contributed by atoms with E-state index in [1.54, 1.807) is 0 Å². The highest BCUT2D eigenvalue weighted by molar-refractivity contribution is 6.09. The zero-order valence-corrected chi connectivity index (χ0v) is 25.7. The molecule has 0 spiro atoms. The maximum Gasteiger partial charge on any atom is 0.0468 e. The van der Waals surface area contributed by atoms with Gasteiger partial charge in [-0.3, -0.25) is 0 Å². The third-order valence-electron chi connectivity index (χ3n) is 8.55. The van der Waals surface area contributed by atoms with Gasteiger partial charge in [-0.05, 0) is 105 Å². The van der Waals surface area contributed by atoms with Crippen LogP contribution in [0, 0.1) is 0 Å². The zero-order valence-electron chi connectivity index (χ0n) is 25.7. The first-order valence-corrected chi connectivity index (χ1v) is 15.6. The molecule has 0 fully saturated rings. The summed E-state index contributed by atoms with van der Waals surface area (Å²) >= 11 is 0. The van der Waals surface area contributed by atoms with Crippen molar-refractivity contribution in [2.24, 2.45) is 0 Å². The first-order valence-electron chi connectivity index (χ1n) is 15.6. The number of hydrogen-bond acceptors (Lipinski definition) is 1. The Kier molecular flexibility index (Phi) is 7.83. The maximum atomic E-state index is 2.36. The van der Waals surface area contributed by atoms with Crippen molar-refractivity contribution in [1.29, 1.82) is 0 Å². The van der Waals surface area contributed by atoms with E-state index < -0.39 is 0 Å². The second kappa shape index (κ2) is 12.5. The minimum absolute atomic E-state index is 1.12. The summed E-state index contributed by atoms with van der Waals surface area (Å²) in [7, 11) is 0. The minimum Gasteiger partial charge on any atom is -0.310 e. The SMILES string of the molecule is C/C=C\C=C(/C)c1ccccc1-c1ccc(N(c2ccc(-c3ccccc3)cc2)c2ccc3ccc4ccccc4c3c2)cc1. The van der Waals surface area contributed by atoms with E-state index in [0.717, 1.165) is 17.1 Å². The van der Waals surface area contributed by atoms with Crippen LogP contribution in [0.3, 0.4) is 0 Å². The van der Waals surface area contributed by atoms with Gasteiger partial charge in [0.1, 0.15) is 0 Å². The molecule has 0 aliphatic carbocycles. The standard InChI is InChI=1S/C44H35N/c1-3-4-12-32(2)41-16-10-11-17-42(41)36-23-28-39(29-24-36)45(38-26-21-34(22-27-38)33-13-6-5-7-14-33)40-30-25-37-20-19-35-15-8-9-18-43(35)44(37)31-40/h3-31H,1-2H3/b4-3-,32-12+. The Hall–Kier alpha value is -5.66. The summed E-state index contributed by atoms with van der Waals surface area (Å²) in [5, 5.41) is 5.02. The largest absolute Gasteiger partial charge is 0.310 e. The van der Waals surface area contributed by atoms with E-state index in [4.69, 9.17) is 0 Å². The number of nitrogens with zero attached hydrogens (tertiary/aromatic N) is 1. The summed E-state index contributed by atoms with van der Waals surface area (Å²) in [5.74, 6) is 0. The fourth-order valence-corrected chi connectivity index (χ4v) is 6.21. The summed E-state index contributed by atoms with van der Waals surface area (Å²) in [5.41, 5.74) is 10.7. The van der Waals surface area contributed by atoms with Gasteiger partial charge in [-0.15, -0.1) is 0 Å². The molecular weight excluding hydrogens is 542 g/mol.